The summed E-state index contributed by atoms with van der Waals surface area (Å²) in [5, 5.41) is 44.1. The second-order valence-electron chi connectivity index (χ2n) is 11.2. The number of ketones is 2. The summed E-state index contributed by atoms with van der Waals surface area (Å²) in [7, 11) is 4.80. The molecule has 11 heteroatoms. The van der Waals surface area contributed by atoms with E-state index in [0.717, 1.165) is 7.11 Å². The minimum absolute atomic E-state index is 0.0419. The molecule has 0 unspecified atom stereocenters. The molecule has 1 aliphatic heterocycles. The Morgan fingerprint density at radius 1 is 1.12 bits per heavy atom. The van der Waals surface area contributed by atoms with Crippen LogP contribution in [-0.4, -0.2) is 94.2 Å². The number of esters is 1. The van der Waals surface area contributed by atoms with Crippen molar-refractivity contribution in [3.63, 3.8) is 0 Å². The fraction of sp³-hybridized carbons (Fsp3) is 0.483. The van der Waals surface area contributed by atoms with E-state index in [0.29, 0.717) is 0 Å². The van der Waals surface area contributed by atoms with Crippen LogP contribution in [0.1, 0.15) is 81.7 Å². The number of hydrogen-bond acceptors (Lipinski definition) is 11. The molecule has 1 fully saturated rings. The number of ether oxygens (including phenoxy) is 3. The van der Waals surface area contributed by atoms with Gasteiger partial charge in [0.1, 0.15) is 17.4 Å². The molecule has 0 amide bonds. The predicted octanol–water partition coefficient (Wildman–Crippen LogP) is 1.77. The highest BCUT2D eigenvalue weighted by atomic mass is 16.7. The van der Waals surface area contributed by atoms with Crippen molar-refractivity contribution in [2.75, 3.05) is 21.2 Å². The first kappa shape index (κ1) is 28.2. The van der Waals surface area contributed by atoms with E-state index in [4.69, 9.17) is 14.2 Å². The first-order valence-electron chi connectivity index (χ1n) is 13.0. The van der Waals surface area contributed by atoms with Crippen molar-refractivity contribution >= 4 is 17.5 Å². The third-order valence-corrected chi connectivity index (χ3v) is 8.30. The van der Waals surface area contributed by atoms with Crippen LogP contribution < -0.4 is 0 Å². The van der Waals surface area contributed by atoms with Gasteiger partial charge in [-0.05, 0) is 45.6 Å². The summed E-state index contributed by atoms with van der Waals surface area (Å²) in [6.45, 7) is 3.14. The number of hydrogen-bond donors (Lipinski definition) is 4. The van der Waals surface area contributed by atoms with Crippen LogP contribution in [0.2, 0.25) is 0 Å². The molecule has 11 nitrogen and oxygen atoms in total. The molecule has 0 aromatic heterocycles. The van der Waals surface area contributed by atoms with Crippen molar-refractivity contribution in [2.24, 2.45) is 0 Å². The Labute approximate surface area is 230 Å². The van der Waals surface area contributed by atoms with E-state index >= 15 is 0 Å². The van der Waals surface area contributed by atoms with Crippen LogP contribution >= 0.6 is 0 Å². The Morgan fingerprint density at radius 3 is 2.48 bits per heavy atom. The average Bonchev–Trinajstić information content (AvgIpc) is 2.87. The number of aliphatic hydroxyl groups excluding tert-OH is 1. The summed E-state index contributed by atoms with van der Waals surface area (Å²) >= 11 is 0. The summed E-state index contributed by atoms with van der Waals surface area (Å²) in [6.07, 6.45) is -3.23. The van der Waals surface area contributed by atoms with Crippen molar-refractivity contribution in [3.05, 3.63) is 57.6 Å². The molecule has 1 saturated heterocycles. The molecule has 0 saturated carbocycles. The highest BCUT2D eigenvalue weighted by Crippen LogP contribution is 2.53. The van der Waals surface area contributed by atoms with Gasteiger partial charge in [-0.1, -0.05) is 12.1 Å². The molecule has 0 bridgehead atoms. The maximum Gasteiger partial charge on any atom is 0.316 e. The number of likely N-dealkylation sites (N-methyl/N-ethyl adjacent to an activating group) is 1. The predicted molar refractivity (Wildman–Crippen MR) is 139 cm³/mol. The number of methoxy groups -OCH3 is 1. The molecule has 2 aliphatic carbocycles. The van der Waals surface area contributed by atoms with Crippen molar-refractivity contribution in [2.45, 2.75) is 68.9 Å². The Morgan fingerprint density at radius 2 is 1.82 bits per heavy atom. The highest BCUT2D eigenvalue weighted by molar-refractivity contribution is 6.30. The molecule has 7 atom stereocenters. The van der Waals surface area contributed by atoms with Gasteiger partial charge in [0, 0.05) is 35.6 Å². The van der Waals surface area contributed by atoms with Gasteiger partial charge in [0.05, 0.1) is 42.1 Å². The van der Waals surface area contributed by atoms with E-state index in [2.05, 4.69) is 0 Å². The number of fused-ring (bicyclic) bond motifs is 3. The molecule has 3 aliphatic rings. The van der Waals surface area contributed by atoms with Gasteiger partial charge < -0.3 is 39.5 Å². The molecular weight excluding hydrogens is 522 g/mol. The molecule has 214 valence electrons. The lowest BCUT2D eigenvalue weighted by atomic mass is 9.68. The van der Waals surface area contributed by atoms with Gasteiger partial charge in [-0.25, -0.2) is 0 Å². The molecule has 5 rings (SSSR count). The first-order valence-corrected chi connectivity index (χ1v) is 13.0. The quantitative estimate of drug-likeness (QED) is 0.347. The van der Waals surface area contributed by atoms with E-state index in [-0.39, 0.29) is 52.3 Å². The standard InChI is InChI=1S/C29H33NO10/c1-12-24(32)16(30(3)4)10-19(39-12)40-18-11-29(2,37)23(28(36)38-5)14-9-15-22(27(35)21(14)18)26(34)20-13(25(15)33)7-6-8-17(20)31/h6-9,12,16,18-19,23-24,31-32,35,37H,10-11H2,1-5H3/t12-,16+,18+,19+,23-,24+,29-/m1/s1. The number of phenolic OH excluding ortho intramolecular Hbond substituents is 2. The molecule has 2 aromatic rings. The van der Waals surface area contributed by atoms with Crippen LogP contribution in [0.4, 0.5) is 0 Å². The summed E-state index contributed by atoms with van der Waals surface area (Å²) in [5.41, 5.74) is -2.36. The van der Waals surface area contributed by atoms with Gasteiger partial charge in [0.15, 0.2) is 12.1 Å². The molecule has 1 heterocycles. The molecule has 2 aromatic carbocycles. The van der Waals surface area contributed by atoms with E-state index < -0.39 is 65.2 Å². The van der Waals surface area contributed by atoms with Crippen molar-refractivity contribution in [1.29, 1.82) is 0 Å². The Balaban J connectivity index is 1.67. The van der Waals surface area contributed by atoms with Crippen LogP contribution in [0.3, 0.4) is 0 Å². The van der Waals surface area contributed by atoms with Gasteiger partial charge in [-0.2, -0.15) is 0 Å². The number of nitrogens with zero attached hydrogens (tertiary/aromatic N) is 1. The zero-order valence-corrected chi connectivity index (χ0v) is 22.9. The largest absolute Gasteiger partial charge is 0.507 e. The summed E-state index contributed by atoms with van der Waals surface area (Å²) in [5.74, 6) is -4.47. The van der Waals surface area contributed by atoms with Gasteiger partial charge in [0.2, 0.25) is 5.78 Å². The zero-order chi connectivity index (χ0) is 29.3. The Hall–Kier alpha value is -3.35. The molecule has 40 heavy (non-hydrogen) atoms. The van der Waals surface area contributed by atoms with Gasteiger partial charge in [-0.3, -0.25) is 14.4 Å². The SMILES string of the molecule is COC(=O)[C@H]1c2cc3c(c(O)c2[C@@H](O[C@H]2C[C@H](N(C)C)[C@@H](O)[C@@H](C)O2)C[C@@]1(C)O)C(=O)c1c(O)cccc1C3=O. The molecular formula is C29H33NO10. The minimum atomic E-state index is -1.73. The third-order valence-electron chi connectivity index (χ3n) is 8.30. The lowest BCUT2D eigenvalue weighted by molar-refractivity contribution is -0.257. The number of carbonyl (C=O) groups excluding carboxylic acids is 3. The van der Waals surface area contributed by atoms with Gasteiger partial charge >= 0.3 is 5.97 Å². The maximum absolute atomic E-state index is 13.6. The number of carbonyl (C=O) groups is 3. The van der Waals surface area contributed by atoms with Crippen LogP contribution in [0.15, 0.2) is 24.3 Å². The minimum Gasteiger partial charge on any atom is -0.507 e. The number of aliphatic hydroxyl groups is 2. The van der Waals surface area contributed by atoms with Crippen molar-refractivity contribution < 1.29 is 49.0 Å². The fourth-order valence-electron chi connectivity index (χ4n) is 6.29. The highest BCUT2D eigenvalue weighted by Gasteiger charge is 2.51. The normalized spacial score (nSPS) is 31.4. The summed E-state index contributed by atoms with van der Waals surface area (Å²) in [6, 6.07) is 5.11. The van der Waals surface area contributed by atoms with Crippen LogP contribution in [0.5, 0.6) is 11.5 Å². The van der Waals surface area contributed by atoms with Gasteiger partial charge in [-0.15, -0.1) is 0 Å². The summed E-state index contributed by atoms with van der Waals surface area (Å²) in [4.78, 5) is 41.9. The van der Waals surface area contributed by atoms with Crippen LogP contribution in [0, 0.1) is 0 Å². The second-order valence-corrected chi connectivity index (χ2v) is 11.2. The van der Waals surface area contributed by atoms with Gasteiger partial charge in [0.25, 0.3) is 0 Å². The third kappa shape index (κ3) is 4.29. The zero-order valence-electron chi connectivity index (χ0n) is 22.9. The Bertz CT molecular complexity index is 1400. The van der Waals surface area contributed by atoms with E-state index in [1.54, 1.807) is 6.92 Å². The molecule has 4 N–H and O–H groups in total. The van der Waals surface area contributed by atoms with Crippen molar-refractivity contribution in [1.82, 2.24) is 4.90 Å². The smallest absolute Gasteiger partial charge is 0.316 e. The van der Waals surface area contributed by atoms with E-state index in [1.165, 1.54) is 31.2 Å². The number of aromatic hydroxyl groups is 2. The van der Waals surface area contributed by atoms with E-state index in [9.17, 15) is 34.8 Å². The first-order chi connectivity index (χ1) is 18.8. The molecule has 0 spiro atoms. The molecule has 0 radical (unpaired) electrons. The lowest BCUT2D eigenvalue weighted by Gasteiger charge is -2.45. The topological polar surface area (TPSA) is 163 Å². The van der Waals surface area contributed by atoms with Crippen LogP contribution in [-0.2, 0) is 19.0 Å². The maximum atomic E-state index is 13.6. The summed E-state index contributed by atoms with van der Waals surface area (Å²) < 4.78 is 17.2. The second kappa shape index (κ2) is 9.93. The number of rotatable bonds is 4. The average molecular weight is 556 g/mol. The fourth-order valence-corrected chi connectivity index (χ4v) is 6.29. The monoisotopic (exact) mass is 555 g/mol. The number of phenols is 2. The van der Waals surface area contributed by atoms with Crippen LogP contribution in [0.25, 0.3) is 0 Å². The van der Waals surface area contributed by atoms with Crippen molar-refractivity contribution in [3.8, 4) is 11.5 Å². The lowest BCUT2D eigenvalue weighted by Crippen LogP contribution is -2.54. The Kier molecular flexibility index (Phi) is 7.00. The van der Waals surface area contributed by atoms with E-state index in [1.807, 2.05) is 19.0 Å². The number of benzene rings is 2.